The Kier molecular flexibility index (Phi) is 3.73. The first-order chi connectivity index (χ1) is 16.1. The molecule has 0 nitrogen and oxygen atoms in total. The Balaban J connectivity index is 1.78. The van der Waals surface area contributed by atoms with Crippen LogP contribution in [0.25, 0.3) is 33.4 Å². The summed E-state index contributed by atoms with van der Waals surface area (Å²) in [7, 11) is 0. The third-order valence-corrected chi connectivity index (χ3v) is 9.53. The second-order valence-corrected chi connectivity index (χ2v) is 12.8. The Morgan fingerprint density at radius 2 is 0.853 bits per heavy atom. The second-order valence-electron chi connectivity index (χ2n) is 11.9. The van der Waals surface area contributed by atoms with E-state index in [4.69, 9.17) is 0 Å². The average molecular weight is 505 g/mol. The molecule has 0 saturated heterocycles. The molecule has 3 aliphatic rings. The van der Waals surface area contributed by atoms with Crippen molar-refractivity contribution in [1.82, 2.24) is 0 Å². The maximum atomic E-state index is 3.78. The molecule has 0 bridgehead atoms. The van der Waals surface area contributed by atoms with E-state index in [9.17, 15) is 0 Å². The minimum atomic E-state index is -0.0774. The molecule has 0 aliphatic heterocycles. The number of benzene rings is 4. The Morgan fingerprint density at radius 3 is 1.32 bits per heavy atom. The Bertz CT molecular complexity index is 1570. The molecule has 0 unspecified atom stereocenters. The van der Waals surface area contributed by atoms with E-state index in [1.165, 1.54) is 66.8 Å². The van der Waals surface area contributed by atoms with Crippen LogP contribution < -0.4 is 0 Å². The zero-order valence-corrected chi connectivity index (χ0v) is 22.3. The normalized spacial score (nSPS) is 18.6. The average Bonchev–Trinajstić information content (AvgIpc) is 3.28. The molecule has 0 N–H and O–H groups in total. The summed E-state index contributed by atoms with van der Waals surface area (Å²) in [6.07, 6.45) is 0. The molecule has 7 rings (SSSR count). The molecule has 3 aliphatic carbocycles. The van der Waals surface area contributed by atoms with Gasteiger partial charge in [-0.2, -0.15) is 0 Å². The Labute approximate surface area is 211 Å². The number of hydrogen-bond donors (Lipinski definition) is 0. The van der Waals surface area contributed by atoms with Gasteiger partial charge in [-0.3, -0.25) is 0 Å². The lowest BCUT2D eigenvalue weighted by Crippen LogP contribution is -2.22. The predicted octanol–water partition coefficient (Wildman–Crippen LogP) is 9.37. The summed E-state index contributed by atoms with van der Waals surface area (Å²) in [5.41, 5.74) is 17.4. The van der Waals surface area contributed by atoms with Crippen LogP contribution in [-0.2, 0) is 16.2 Å². The largest absolute Gasteiger partial charge is 0.0619 e. The van der Waals surface area contributed by atoms with Crippen molar-refractivity contribution >= 4 is 15.9 Å². The highest BCUT2D eigenvalue weighted by Crippen LogP contribution is 2.67. The maximum absolute atomic E-state index is 3.78. The van der Waals surface area contributed by atoms with Crippen molar-refractivity contribution < 1.29 is 0 Å². The summed E-state index contributed by atoms with van der Waals surface area (Å²) in [4.78, 5) is 0. The van der Waals surface area contributed by atoms with Gasteiger partial charge in [-0.1, -0.05) is 112 Å². The molecule has 168 valence electrons. The lowest BCUT2D eigenvalue weighted by molar-refractivity contribution is 0.635. The fourth-order valence-corrected chi connectivity index (χ4v) is 7.94. The van der Waals surface area contributed by atoms with Gasteiger partial charge in [-0.15, -0.1) is 0 Å². The fourth-order valence-electron chi connectivity index (χ4n) is 7.58. The molecule has 4 aromatic rings. The molecule has 0 spiro atoms. The van der Waals surface area contributed by atoms with E-state index < -0.39 is 0 Å². The minimum absolute atomic E-state index is 0.0516. The summed E-state index contributed by atoms with van der Waals surface area (Å²) < 4.78 is 1.16. The van der Waals surface area contributed by atoms with Gasteiger partial charge in [0.1, 0.15) is 0 Å². The third-order valence-electron chi connectivity index (χ3n) is 9.04. The highest BCUT2D eigenvalue weighted by Gasteiger charge is 2.52. The second kappa shape index (κ2) is 6.13. The van der Waals surface area contributed by atoms with Gasteiger partial charge in [0.2, 0.25) is 0 Å². The van der Waals surface area contributed by atoms with Crippen molar-refractivity contribution in [3.05, 3.63) is 105 Å². The van der Waals surface area contributed by atoms with E-state index in [-0.39, 0.29) is 16.2 Å². The molecule has 0 radical (unpaired) electrons. The van der Waals surface area contributed by atoms with E-state index in [0.29, 0.717) is 0 Å². The summed E-state index contributed by atoms with van der Waals surface area (Å²) in [5.74, 6) is 0. The van der Waals surface area contributed by atoms with Crippen LogP contribution >= 0.6 is 15.9 Å². The lowest BCUT2D eigenvalue weighted by atomic mass is 9.71. The first kappa shape index (κ1) is 20.7. The highest BCUT2D eigenvalue weighted by molar-refractivity contribution is 9.10. The van der Waals surface area contributed by atoms with Gasteiger partial charge in [0.05, 0.1) is 0 Å². The van der Waals surface area contributed by atoms with Gasteiger partial charge in [-0.05, 0) is 78.9 Å². The van der Waals surface area contributed by atoms with Crippen LogP contribution in [0.5, 0.6) is 0 Å². The van der Waals surface area contributed by atoms with Gasteiger partial charge in [0, 0.05) is 20.7 Å². The third kappa shape index (κ3) is 2.17. The zero-order valence-electron chi connectivity index (χ0n) is 20.7. The van der Waals surface area contributed by atoms with E-state index in [1.54, 1.807) is 0 Å². The van der Waals surface area contributed by atoms with Gasteiger partial charge in [0.25, 0.3) is 0 Å². The smallest absolute Gasteiger partial charge is 0.0178 e. The van der Waals surface area contributed by atoms with E-state index in [2.05, 4.69) is 124 Å². The van der Waals surface area contributed by atoms with E-state index >= 15 is 0 Å². The van der Waals surface area contributed by atoms with Crippen molar-refractivity contribution in [2.24, 2.45) is 0 Å². The molecule has 0 amide bonds. The quantitative estimate of drug-likeness (QED) is 0.223. The van der Waals surface area contributed by atoms with Crippen LogP contribution in [0.1, 0.15) is 74.9 Å². The van der Waals surface area contributed by atoms with Crippen molar-refractivity contribution in [2.45, 2.75) is 57.8 Å². The molecule has 0 fully saturated rings. The summed E-state index contributed by atoms with van der Waals surface area (Å²) in [6, 6.07) is 25.2. The summed E-state index contributed by atoms with van der Waals surface area (Å²) >= 11 is 3.78. The van der Waals surface area contributed by atoms with Crippen LogP contribution in [0.15, 0.2) is 71.2 Å². The minimum Gasteiger partial charge on any atom is -0.0619 e. The molecule has 4 aromatic carbocycles. The van der Waals surface area contributed by atoms with Gasteiger partial charge >= 0.3 is 0 Å². The number of rotatable bonds is 0. The predicted molar refractivity (Wildman–Crippen MR) is 147 cm³/mol. The number of fused-ring (bicyclic) bond motifs is 12. The molecule has 1 heteroatoms. The highest BCUT2D eigenvalue weighted by atomic mass is 79.9. The van der Waals surface area contributed by atoms with Crippen molar-refractivity contribution in [3.63, 3.8) is 0 Å². The maximum Gasteiger partial charge on any atom is 0.0178 e. The van der Waals surface area contributed by atoms with Crippen LogP contribution in [0.3, 0.4) is 0 Å². The van der Waals surface area contributed by atoms with Crippen LogP contribution in [0, 0.1) is 0 Å². The van der Waals surface area contributed by atoms with Gasteiger partial charge in [0.15, 0.2) is 0 Å². The van der Waals surface area contributed by atoms with E-state index in [0.717, 1.165) is 4.47 Å². The standard InChI is InChI=1S/C33H29Br/c1-31(2)23-14-10-8-12-20(23)26-28(31)25-19-11-7-9-13-22(19)32(3,4)29(25)27-21-16-15-18(34)17-24(21)33(5,6)30(26)27/h7-17H,1-6H3. The van der Waals surface area contributed by atoms with E-state index in [1.807, 2.05) is 0 Å². The molecule has 0 heterocycles. The van der Waals surface area contributed by atoms with Crippen molar-refractivity contribution in [2.75, 3.05) is 0 Å². The van der Waals surface area contributed by atoms with Crippen LogP contribution in [-0.4, -0.2) is 0 Å². The molecule has 0 aromatic heterocycles. The van der Waals surface area contributed by atoms with Gasteiger partial charge in [-0.25, -0.2) is 0 Å². The lowest BCUT2D eigenvalue weighted by Gasteiger charge is -2.31. The Morgan fingerprint density at radius 1 is 0.471 bits per heavy atom. The fraction of sp³-hybridized carbons (Fsp3) is 0.273. The molecule has 0 saturated carbocycles. The SMILES string of the molecule is CC1(C)c2ccccc2-c2c1c1c(c3c2C(C)(C)c2cc(Br)ccc2-3)C(C)(C)c2ccccc2-1. The Hall–Kier alpha value is -2.64. The molecule has 0 atom stereocenters. The van der Waals surface area contributed by atoms with Crippen molar-refractivity contribution in [3.8, 4) is 33.4 Å². The first-order valence-electron chi connectivity index (χ1n) is 12.3. The summed E-state index contributed by atoms with van der Waals surface area (Å²) in [6.45, 7) is 14.6. The topological polar surface area (TPSA) is 0 Å². The number of hydrogen-bond acceptors (Lipinski definition) is 0. The van der Waals surface area contributed by atoms with Crippen molar-refractivity contribution in [1.29, 1.82) is 0 Å². The van der Waals surface area contributed by atoms with Gasteiger partial charge < -0.3 is 0 Å². The van der Waals surface area contributed by atoms with Crippen LogP contribution in [0.4, 0.5) is 0 Å². The molecular formula is C33H29Br. The summed E-state index contributed by atoms with van der Waals surface area (Å²) in [5, 5.41) is 0. The zero-order chi connectivity index (χ0) is 23.8. The monoisotopic (exact) mass is 504 g/mol. The first-order valence-corrected chi connectivity index (χ1v) is 13.1. The molecule has 34 heavy (non-hydrogen) atoms. The molecular weight excluding hydrogens is 476 g/mol. The number of halogens is 1. The van der Waals surface area contributed by atoms with Crippen LogP contribution in [0.2, 0.25) is 0 Å².